The van der Waals surface area contributed by atoms with Gasteiger partial charge in [0.1, 0.15) is 12.2 Å². The van der Waals surface area contributed by atoms with Crippen molar-refractivity contribution in [1.82, 2.24) is 25.0 Å². The summed E-state index contributed by atoms with van der Waals surface area (Å²) in [5.74, 6) is 0.701. The molecule has 0 radical (unpaired) electrons. The lowest BCUT2D eigenvalue weighted by atomic mass is 10.1. The Morgan fingerprint density at radius 1 is 1.39 bits per heavy atom. The van der Waals surface area contributed by atoms with Crippen LogP contribution in [0.25, 0.3) is 0 Å². The van der Waals surface area contributed by atoms with Gasteiger partial charge < -0.3 is 5.73 Å². The van der Waals surface area contributed by atoms with Gasteiger partial charge in [-0.15, -0.1) is 0 Å². The van der Waals surface area contributed by atoms with Gasteiger partial charge in [-0.3, -0.25) is 9.78 Å². The number of nitrogens with one attached hydrogen (secondary N) is 1. The molecule has 0 aromatic carbocycles. The van der Waals surface area contributed by atoms with Gasteiger partial charge in [-0.1, -0.05) is 13.8 Å². The summed E-state index contributed by atoms with van der Waals surface area (Å²) in [7, 11) is 0. The van der Waals surface area contributed by atoms with E-state index in [0.29, 0.717) is 18.3 Å². The van der Waals surface area contributed by atoms with Gasteiger partial charge >= 0.3 is 0 Å². The Hall–Kier alpha value is -1.69. The van der Waals surface area contributed by atoms with Crippen molar-refractivity contribution in [3.05, 3.63) is 30.1 Å². The normalized spacial score (nSPS) is 13.1. The van der Waals surface area contributed by atoms with Crippen molar-refractivity contribution in [2.24, 2.45) is 5.73 Å². The van der Waals surface area contributed by atoms with Crippen LogP contribution in [-0.2, 0) is 6.42 Å². The third kappa shape index (κ3) is 2.76. The highest BCUT2D eigenvalue weighted by Gasteiger charge is 2.13. The summed E-state index contributed by atoms with van der Waals surface area (Å²) in [6, 6.07) is 2.31. The molecule has 2 aromatic heterocycles. The summed E-state index contributed by atoms with van der Waals surface area (Å²) >= 11 is 0. The first-order valence-electron chi connectivity index (χ1n) is 6.39. The van der Waals surface area contributed by atoms with E-state index in [1.165, 1.54) is 6.33 Å². The predicted molar refractivity (Wildman–Crippen MR) is 68.9 cm³/mol. The smallest absolute Gasteiger partial charge is 0.141 e. The standard InChI is InChI=1S/C12H20N6/c1-3-10(4-2)18-6-5-9(17-18)7-11(13)12-14-8-15-16-12/h5-6,8,10-11H,3-4,7,13H2,1-2H3,(H,14,15,16). The molecule has 0 fully saturated rings. The molecule has 2 heterocycles. The Bertz CT molecular complexity index is 457. The Kier molecular flexibility index (Phi) is 4.09. The lowest BCUT2D eigenvalue weighted by Gasteiger charge is -2.12. The van der Waals surface area contributed by atoms with Crippen molar-refractivity contribution in [3.63, 3.8) is 0 Å². The summed E-state index contributed by atoms with van der Waals surface area (Å²) in [4.78, 5) is 4.06. The largest absolute Gasteiger partial charge is 0.321 e. The highest BCUT2D eigenvalue weighted by Crippen LogP contribution is 2.16. The second kappa shape index (κ2) is 5.77. The molecule has 0 aliphatic heterocycles. The van der Waals surface area contributed by atoms with E-state index in [2.05, 4.69) is 34.1 Å². The van der Waals surface area contributed by atoms with E-state index in [4.69, 9.17) is 5.73 Å². The summed E-state index contributed by atoms with van der Waals surface area (Å²) in [5, 5.41) is 11.2. The van der Waals surface area contributed by atoms with Crippen LogP contribution in [0.1, 0.15) is 50.3 Å². The molecule has 18 heavy (non-hydrogen) atoms. The second-order valence-corrected chi connectivity index (χ2v) is 4.44. The Balaban J connectivity index is 2.02. The van der Waals surface area contributed by atoms with Gasteiger partial charge in [-0.2, -0.15) is 10.2 Å². The molecule has 0 aliphatic carbocycles. The summed E-state index contributed by atoms with van der Waals surface area (Å²) in [5.41, 5.74) is 7.03. The molecule has 1 atom stereocenters. The fraction of sp³-hybridized carbons (Fsp3) is 0.583. The van der Waals surface area contributed by atoms with Gasteiger partial charge in [0.25, 0.3) is 0 Å². The van der Waals surface area contributed by atoms with E-state index in [1.807, 2.05) is 16.9 Å². The number of rotatable bonds is 6. The molecular weight excluding hydrogens is 228 g/mol. The first kappa shape index (κ1) is 12.8. The Morgan fingerprint density at radius 3 is 2.78 bits per heavy atom. The minimum atomic E-state index is -0.183. The maximum Gasteiger partial charge on any atom is 0.141 e. The second-order valence-electron chi connectivity index (χ2n) is 4.44. The topological polar surface area (TPSA) is 85.4 Å². The van der Waals surface area contributed by atoms with Gasteiger partial charge in [0.15, 0.2) is 0 Å². The highest BCUT2D eigenvalue weighted by atomic mass is 15.3. The Morgan fingerprint density at radius 2 is 2.17 bits per heavy atom. The summed E-state index contributed by atoms with van der Waals surface area (Å²) in [6.45, 7) is 4.35. The van der Waals surface area contributed by atoms with E-state index in [9.17, 15) is 0 Å². The van der Waals surface area contributed by atoms with Crippen molar-refractivity contribution in [2.45, 2.75) is 45.2 Å². The minimum absolute atomic E-state index is 0.183. The van der Waals surface area contributed by atoms with E-state index in [-0.39, 0.29) is 6.04 Å². The summed E-state index contributed by atoms with van der Waals surface area (Å²) in [6.07, 6.45) is 6.35. The molecule has 98 valence electrons. The van der Waals surface area contributed by atoms with Crippen LogP contribution in [-0.4, -0.2) is 25.0 Å². The van der Waals surface area contributed by atoms with Gasteiger partial charge in [0, 0.05) is 12.6 Å². The zero-order valence-electron chi connectivity index (χ0n) is 10.9. The van der Waals surface area contributed by atoms with Gasteiger partial charge in [-0.05, 0) is 18.9 Å². The molecule has 1 unspecified atom stereocenters. The maximum absolute atomic E-state index is 6.04. The first-order chi connectivity index (χ1) is 8.74. The lowest BCUT2D eigenvalue weighted by Crippen LogP contribution is -2.16. The number of hydrogen-bond donors (Lipinski definition) is 2. The van der Waals surface area contributed by atoms with Crippen molar-refractivity contribution < 1.29 is 0 Å². The highest BCUT2D eigenvalue weighted by molar-refractivity contribution is 5.05. The molecule has 3 N–H and O–H groups in total. The average Bonchev–Trinajstić information content (AvgIpc) is 3.01. The van der Waals surface area contributed by atoms with Crippen LogP contribution in [0.15, 0.2) is 18.6 Å². The zero-order chi connectivity index (χ0) is 13.0. The first-order valence-corrected chi connectivity index (χ1v) is 6.39. The number of H-pyrrole nitrogens is 1. The summed E-state index contributed by atoms with van der Waals surface area (Å²) < 4.78 is 2.03. The SMILES string of the molecule is CCC(CC)n1ccc(CC(N)c2ncn[nH]2)n1. The maximum atomic E-state index is 6.04. The van der Waals surface area contributed by atoms with Crippen LogP contribution in [0.4, 0.5) is 0 Å². The van der Waals surface area contributed by atoms with Crippen LogP contribution in [0.3, 0.4) is 0 Å². The van der Waals surface area contributed by atoms with Crippen LogP contribution in [0.5, 0.6) is 0 Å². The molecule has 0 saturated carbocycles. The van der Waals surface area contributed by atoms with Crippen LogP contribution >= 0.6 is 0 Å². The fourth-order valence-corrected chi connectivity index (χ4v) is 2.07. The average molecular weight is 248 g/mol. The fourth-order valence-electron chi connectivity index (χ4n) is 2.07. The van der Waals surface area contributed by atoms with E-state index in [1.54, 1.807) is 0 Å². The van der Waals surface area contributed by atoms with Crippen LogP contribution in [0, 0.1) is 0 Å². The number of aromatic amines is 1. The zero-order valence-corrected chi connectivity index (χ0v) is 10.9. The molecule has 6 nitrogen and oxygen atoms in total. The monoisotopic (exact) mass is 248 g/mol. The molecule has 6 heteroatoms. The van der Waals surface area contributed by atoms with E-state index < -0.39 is 0 Å². The molecule has 2 rings (SSSR count). The van der Waals surface area contributed by atoms with Crippen LogP contribution in [0.2, 0.25) is 0 Å². The van der Waals surface area contributed by atoms with E-state index >= 15 is 0 Å². The van der Waals surface area contributed by atoms with Gasteiger partial charge in [-0.25, -0.2) is 4.98 Å². The van der Waals surface area contributed by atoms with Crippen LogP contribution < -0.4 is 5.73 Å². The quantitative estimate of drug-likeness (QED) is 0.813. The number of hydrogen-bond acceptors (Lipinski definition) is 4. The molecular formula is C12H20N6. The number of nitrogens with two attached hydrogens (primary N) is 1. The molecule has 0 bridgehead atoms. The third-order valence-corrected chi connectivity index (χ3v) is 3.19. The third-order valence-electron chi connectivity index (χ3n) is 3.19. The minimum Gasteiger partial charge on any atom is -0.321 e. The van der Waals surface area contributed by atoms with E-state index in [0.717, 1.165) is 18.5 Å². The van der Waals surface area contributed by atoms with Crippen molar-refractivity contribution in [3.8, 4) is 0 Å². The molecule has 0 amide bonds. The molecule has 0 aliphatic rings. The predicted octanol–water partition coefficient (Wildman–Crippen LogP) is 1.60. The van der Waals surface area contributed by atoms with Gasteiger partial charge in [0.2, 0.25) is 0 Å². The number of aromatic nitrogens is 5. The number of nitrogens with zero attached hydrogens (tertiary/aromatic N) is 4. The molecule has 2 aromatic rings. The Labute approximate surface area is 107 Å². The lowest BCUT2D eigenvalue weighted by molar-refractivity contribution is 0.424. The molecule has 0 spiro atoms. The van der Waals surface area contributed by atoms with Crippen molar-refractivity contribution in [2.75, 3.05) is 0 Å². The van der Waals surface area contributed by atoms with Gasteiger partial charge in [0.05, 0.1) is 17.8 Å². The van der Waals surface area contributed by atoms with Crippen molar-refractivity contribution in [1.29, 1.82) is 0 Å². The van der Waals surface area contributed by atoms with Crippen molar-refractivity contribution >= 4 is 0 Å². The molecule has 0 saturated heterocycles.